The molecule has 0 aromatic heterocycles. The second kappa shape index (κ2) is 2.52. The van der Waals surface area contributed by atoms with E-state index in [-0.39, 0.29) is 14.1 Å². The molecule has 1 rings (SSSR count). The molecule has 0 atom stereocenters. The molecule has 1 heterocycles. The van der Waals surface area contributed by atoms with Crippen molar-refractivity contribution >= 4 is 24.2 Å². The van der Waals surface area contributed by atoms with Crippen LogP contribution in [0, 0.1) is 0 Å². The van der Waals surface area contributed by atoms with Crippen LogP contribution in [0.15, 0.2) is 22.5 Å². The SMILES string of the molecule is C1=[CH][AlH][S]C=C1. The van der Waals surface area contributed by atoms with E-state index >= 15 is 0 Å². The molecule has 0 radical (unpaired) electrons. The molecule has 0 nitrogen and oxygen atoms in total. The number of hydrogen-bond donors (Lipinski definition) is 0. The summed E-state index contributed by atoms with van der Waals surface area (Å²) in [6, 6.07) is 0. The molecule has 0 unspecified atom stereocenters. The summed E-state index contributed by atoms with van der Waals surface area (Å²) in [5, 5.41) is 2.16. The van der Waals surface area contributed by atoms with Crippen LogP contribution in [-0.4, -0.2) is 14.1 Å². The average molecular weight is 112 g/mol. The summed E-state index contributed by atoms with van der Waals surface area (Å²) >= 11 is 0.158. The second-order valence-corrected chi connectivity index (χ2v) is 4.50. The van der Waals surface area contributed by atoms with Gasteiger partial charge in [-0.1, -0.05) is 12.2 Å². The van der Waals surface area contributed by atoms with Gasteiger partial charge in [-0.05, 0) is 5.41 Å². The summed E-state index contributed by atoms with van der Waals surface area (Å²) in [5.41, 5.74) is 0. The van der Waals surface area contributed by atoms with Gasteiger partial charge in [-0.3, -0.25) is 0 Å². The Labute approximate surface area is 47.1 Å². The van der Waals surface area contributed by atoms with Gasteiger partial charge >= 0.3 is 14.1 Å². The third-order valence-electron chi connectivity index (χ3n) is 0.614. The fourth-order valence-electron chi connectivity index (χ4n) is 0.346. The topological polar surface area (TPSA) is 0 Å². The number of rotatable bonds is 0. The Balaban J connectivity index is 2.46. The molecule has 1 aliphatic heterocycles. The quantitative estimate of drug-likeness (QED) is 0.423. The summed E-state index contributed by atoms with van der Waals surface area (Å²) in [6.45, 7) is 0. The molecule has 6 heavy (non-hydrogen) atoms. The van der Waals surface area contributed by atoms with Crippen molar-refractivity contribution in [2.24, 2.45) is 0 Å². The van der Waals surface area contributed by atoms with Gasteiger partial charge in [0.1, 0.15) is 0 Å². The van der Waals surface area contributed by atoms with Crippen LogP contribution in [0.1, 0.15) is 0 Å². The van der Waals surface area contributed by atoms with Crippen LogP contribution >= 0.6 is 10.1 Å². The molecule has 0 saturated heterocycles. The second-order valence-electron chi connectivity index (χ2n) is 1.09. The summed E-state index contributed by atoms with van der Waals surface area (Å²) in [4.78, 5) is 2.28. The Morgan fingerprint density at radius 2 is 2.33 bits per heavy atom. The Morgan fingerprint density at radius 3 is 2.50 bits per heavy atom. The zero-order valence-corrected chi connectivity index (χ0v) is 5.66. The first kappa shape index (κ1) is 4.52. The van der Waals surface area contributed by atoms with Gasteiger partial charge in [0.05, 0.1) is 0 Å². The highest BCUT2D eigenvalue weighted by molar-refractivity contribution is 8.25. The lowest BCUT2D eigenvalue weighted by Gasteiger charge is -1.85. The minimum absolute atomic E-state index is 0.158. The molecule has 1 aliphatic rings. The van der Waals surface area contributed by atoms with E-state index in [1.54, 1.807) is 0 Å². The van der Waals surface area contributed by atoms with Gasteiger partial charge in [-0.15, -0.1) is 4.94 Å². The Kier molecular flexibility index (Phi) is 1.90. The van der Waals surface area contributed by atoms with Crippen molar-refractivity contribution in [2.45, 2.75) is 0 Å². The molecular formula is C4H5AlS. The van der Waals surface area contributed by atoms with Crippen LogP contribution < -0.4 is 0 Å². The monoisotopic (exact) mass is 112 g/mol. The third kappa shape index (κ3) is 1.22. The highest BCUT2D eigenvalue weighted by Gasteiger charge is 1.83. The van der Waals surface area contributed by atoms with Gasteiger partial charge in [-0.25, -0.2) is 10.1 Å². The molecule has 0 fully saturated rings. The molecule has 0 aliphatic carbocycles. The minimum Gasteiger partial charge on any atom is -0.230 e. The Hall–Kier alpha value is 0.362. The van der Waals surface area contributed by atoms with Gasteiger partial charge in [0.25, 0.3) is 0 Å². The molecule has 2 heteroatoms. The van der Waals surface area contributed by atoms with E-state index in [4.69, 9.17) is 0 Å². The standard InChI is InChI=1S/C4H5S.Al.H/c1-2-3-4-5;;/h1-5H;;/q;+1;/p-1. The molecule has 0 N–H and O–H groups in total. The predicted octanol–water partition coefficient (Wildman–Crippen LogP) is 1.11. The largest absolute Gasteiger partial charge is 0.363 e. The minimum atomic E-state index is 0.158. The predicted molar refractivity (Wildman–Crippen MR) is 33.0 cm³/mol. The molecule has 0 amide bonds. The van der Waals surface area contributed by atoms with E-state index in [2.05, 4.69) is 22.5 Å². The molecule has 0 saturated carbocycles. The third-order valence-corrected chi connectivity index (χ3v) is 3.35. The fraction of sp³-hybridized carbons (Fsp3) is 0. The van der Waals surface area contributed by atoms with E-state index in [1.807, 2.05) is 10.1 Å². The maximum absolute atomic E-state index is 2.28. The van der Waals surface area contributed by atoms with E-state index in [0.29, 0.717) is 0 Å². The lowest BCUT2D eigenvalue weighted by molar-refractivity contribution is 2.08. The van der Waals surface area contributed by atoms with E-state index in [1.165, 1.54) is 0 Å². The molecular weight excluding hydrogens is 107 g/mol. The van der Waals surface area contributed by atoms with Gasteiger partial charge < -0.3 is 0 Å². The van der Waals surface area contributed by atoms with E-state index in [9.17, 15) is 0 Å². The first-order valence-corrected chi connectivity index (χ1v) is 5.53. The zero-order chi connectivity index (χ0) is 4.24. The highest BCUT2D eigenvalue weighted by atomic mass is 32.3. The highest BCUT2D eigenvalue weighted by Crippen LogP contribution is 2.03. The van der Waals surface area contributed by atoms with Gasteiger partial charge in [0, 0.05) is 0 Å². The van der Waals surface area contributed by atoms with Crippen molar-refractivity contribution < 1.29 is 0 Å². The van der Waals surface area contributed by atoms with Gasteiger partial charge in [-0.2, -0.15) is 0 Å². The maximum atomic E-state index is 2.28. The summed E-state index contributed by atoms with van der Waals surface area (Å²) in [7, 11) is 1.97. The van der Waals surface area contributed by atoms with Crippen molar-refractivity contribution in [3.8, 4) is 0 Å². The number of allylic oxidation sites excluding steroid dienone is 2. The molecule has 0 aromatic carbocycles. The maximum Gasteiger partial charge on any atom is 0.363 e. The number of hydrogen-bond acceptors (Lipinski definition) is 1. The summed E-state index contributed by atoms with van der Waals surface area (Å²) in [5.74, 6) is 0. The van der Waals surface area contributed by atoms with Crippen molar-refractivity contribution in [1.29, 1.82) is 0 Å². The fourth-order valence-corrected chi connectivity index (χ4v) is 2.37. The van der Waals surface area contributed by atoms with Crippen molar-refractivity contribution in [3.05, 3.63) is 22.5 Å². The van der Waals surface area contributed by atoms with Crippen LogP contribution in [0.4, 0.5) is 0 Å². The van der Waals surface area contributed by atoms with Crippen molar-refractivity contribution in [3.63, 3.8) is 0 Å². The van der Waals surface area contributed by atoms with Crippen molar-refractivity contribution in [1.82, 2.24) is 0 Å². The Bertz CT molecular complexity index is 73.5. The Morgan fingerprint density at radius 1 is 1.33 bits per heavy atom. The van der Waals surface area contributed by atoms with Crippen LogP contribution in [-0.2, 0) is 0 Å². The van der Waals surface area contributed by atoms with Gasteiger partial charge in [0.2, 0.25) is 0 Å². The van der Waals surface area contributed by atoms with Crippen LogP contribution in [0.5, 0.6) is 0 Å². The van der Waals surface area contributed by atoms with Crippen molar-refractivity contribution in [2.75, 3.05) is 0 Å². The summed E-state index contributed by atoms with van der Waals surface area (Å²) < 4.78 is 0. The molecule has 0 aromatic rings. The zero-order valence-electron chi connectivity index (χ0n) is 3.42. The molecule has 30 valence electrons. The van der Waals surface area contributed by atoms with E-state index in [0.717, 1.165) is 0 Å². The van der Waals surface area contributed by atoms with Crippen LogP contribution in [0.3, 0.4) is 0 Å². The van der Waals surface area contributed by atoms with Gasteiger partial charge in [0.15, 0.2) is 0 Å². The smallest absolute Gasteiger partial charge is 0.230 e. The first-order valence-electron chi connectivity index (χ1n) is 1.93. The summed E-state index contributed by atoms with van der Waals surface area (Å²) in [6.07, 6.45) is 4.21. The average Bonchev–Trinajstić information content (AvgIpc) is 1.72. The van der Waals surface area contributed by atoms with E-state index < -0.39 is 0 Å². The lowest BCUT2D eigenvalue weighted by Crippen LogP contribution is -1.73. The molecule has 0 bridgehead atoms. The lowest BCUT2D eigenvalue weighted by atomic mass is 10.6. The van der Waals surface area contributed by atoms with Crippen LogP contribution in [0.2, 0.25) is 0 Å². The molecule has 0 spiro atoms. The first-order chi connectivity index (χ1) is 3.00. The normalized spacial score (nSPS) is 17.3. The van der Waals surface area contributed by atoms with Crippen LogP contribution in [0.25, 0.3) is 0 Å².